The van der Waals surface area contributed by atoms with Gasteiger partial charge in [-0.3, -0.25) is 29.5 Å². The lowest BCUT2D eigenvalue weighted by atomic mass is 9.90. The van der Waals surface area contributed by atoms with Gasteiger partial charge >= 0.3 is 0 Å². The highest BCUT2D eigenvalue weighted by Crippen LogP contribution is 2.41. The third kappa shape index (κ3) is 6.87. The van der Waals surface area contributed by atoms with Crippen LogP contribution in [0.4, 0.5) is 11.4 Å². The zero-order chi connectivity index (χ0) is 36.8. The fourth-order valence-corrected chi connectivity index (χ4v) is 9.46. The minimum absolute atomic E-state index is 0.0109. The number of rotatable bonds is 7. The number of hydrogen-bond donors (Lipinski definition) is 3. The van der Waals surface area contributed by atoms with Crippen LogP contribution in [0.1, 0.15) is 52.9 Å². The summed E-state index contributed by atoms with van der Waals surface area (Å²) >= 11 is 1.54. The molecule has 2 atom stereocenters. The molecule has 0 spiro atoms. The van der Waals surface area contributed by atoms with E-state index in [1.807, 2.05) is 19.1 Å². The summed E-state index contributed by atoms with van der Waals surface area (Å²) in [7, 11) is 0. The summed E-state index contributed by atoms with van der Waals surface area (Å²) in [5, 5.41) is 11.2. The van der Waals surface area contributed by atoms with Gasteiger partial charge in [-0.25, -0.2) is 4.98 Å². The maximum atomic E-state index is 12.8. The molecule has 4 aliphatic heterocycles. The number of imide groups is 1. The molecule has 0 saturated carbocycles. The summed E-state index contributed by atoms with van der Waals surface area (Å²) in [6.45, 7) is 11.0. The lowest BCUT2D eigenvalue weighted by molar-refractivity contribution is -0.134. The van der Waals surface area contributed by atoms with Crippen molar-refractivity contribution in [3.05, 3.63) is 94.9 Å². The molecule has 3 amide bonds. The number of hydrogen-bond acceptors (Lipinski definition) is 9. The Hall–Kier alpha value is -5.10. The summed E-state index contributed by atoms with van der Waals surface area (Å²) in [5.74, 6) is -0.602. The number of aromatic nitrogens is 1. The molecule has 10 nitrogen and oxygen atoms in total. The van der Waals surface area contributed by atoms with Gasteiger partial charge in [0.25, 0.3) is 5.91 Å². The number of pyridine rings is 1. The molecular formula is C43H45N7O3S. The highest BCUT2D eigenvalue weighted by atomic mass is 32.1. The summed E-state index contributed by atoms with van der Waals surface area (Å²) < 4.78 is 1.09. The molecule has 1 unspecified atom stereocenters. The van der Waals surface area contributed by atoms with Gasteiger partial charge in [0.2, 0.25) is 11.8 Å². The van der Waals surface area contributed by atoms with E-state index >= 15 is 0 Å². The van der Waals surface area contributed by atoms with Gasteiger partial charge in [-0.15, -0.1) is 11.3 Å². The van der Waals surface area contributed by atoms with Crippen LogP contribution in [0.15, 0.2) is 78.9 Å². The Morgan fingerprint density at radius 3 is 2.35 bits per heavy atom. The average molecular weight is 740 g/mol. The monoisotopic (exact) mass is 739 g/mol. The van der Waals surface area contributed by atoms with E-state index in [4.69, 9.17) is 4.98 Å². The highest BCUT2D eigenvalue weighted by Gasteiger charge is 2.29. The molecule has 276 valence electrons. The number of carbonyl (C=O) groups excluding carboxylic acids is 3. The predicted molar refractivity (Wildman–Crippen MR) is 217 cm³/mol. The minimum atomic E-state index is -0.236. The maximum Gasteiger partial charge on any atom is 0.263 e. The number of amides is 3. The number of thiophene rings is 1. The number of fused-ring (bicyclic) bond motifs is 5. The number of nitrogens with zero attached hydrogens (tertiary/aromatic N) is 4. The van der Waals surface area contributed by atoms with Crippen molar-refractivity contribution in [3.63, 3.8) is 0 Å². The van der Waals surface area contributed by atoms with Crippen LogP contribution in [0.25, 0.3) is 37.8 Å². The molecule has 2 aromatic heterocycles. The van der Waals surface area contributed by atoms with Gasteiger partial charge in [0.05, 0.1) is 22.8 Å². The van der Waals surface area contributed by atoms with Crippen molar-refractivity contribution in [2.24, 2.45) is 0 Å². The van der Waals surface area contributed by atoms with Gasteiger partial charge in [-0.05, 0) is 72.9 Å². The molecule has 6 heterocycles. The normalized spacial score (nSPS) is 21.3. The van der Waals surface area contributed by atoms with Crippen LogP contribution in [-0.4, -0.2) is 97.4 Å². The quantitative estimate of drug-likeness (QED) is 0.172. The molecule has 3 N–H and O–H groups in total. The summed E-state index contributed by atoms with van der Waals surface area (Å²) in [5.41, 5.74) is 8.76. The second kappa shape index (κ2) is 14.6. The predicted octanol–water partition coefficient (Wildman–Crippen LogP) is 6.09. The molecule has 2 saturated heterocycles. The van der Waals surface area contributed by atoms with Crippen LogP contribution in [-0.2, 0) is 9.59 Å². The second-order valence-electron chi connectivity index (χ2n) is 15.0. The molecule has 0 radical (unpaired) electrons. The van der Waals surface area contributed by atoms with Crippen LogP contribution in [0.2, 0.25) is 0 Å². The Morgan fingerprint density at radius 1 is 0.815 bits per heavy atom. The molecule has 11 heteroatoms. The Morgan fingerprint density at radius 2 is 1.59 bits per heavy atom. The van der Waals surface area contributed by atoms with Gasteiger partial charge < -0.3 is 15.5 Å². The number of carbonyl (C=O) groups is 3. The maximum absolute atomic E-state index is 12.8. The van der Waals surface area contributed by atoms with E-state index in [0.717, 1.165) is 107 Å². The molecule has 2 fully saturated rings. The lowest BCUT2D eigenvalue weighted by Gasteiger charge is -2.37. The van der Waals surface area contributed by atoms with Crippen molar-refractivity contribution in [1.29, 1.82) is 0 Å². The molecule has 4 aliphatic rings. The molecule has 3 aromatic carbocycles. The third-order valence-corrected chi connectivity index (χ3v) is 12.7. The lowest BCUT2D eigenvalue weighted by Crippen LogP contribution is -2.48. The van der Waals surface area contributed by atoms with Crippen LogP contribution >= 0.6 is 11.3 Å². The van der Waals surface area contributed by atoms with Crippen LogP contribution in [0.3, 0.4) is 0 Å². The molecule has 0 aliphatic carbocycles. The van der Waals surface area contributed by atoms with Crippen LogP contribution in [0.5, 0.6) is 0 Å². The van der Waals surface area contributed by atoms with E-state index in [-0.39, 0.29) is 29.7 Å². The zero-order valence-electron chi connectivity index (χ0n) is 30.6. The van der Waals surface area contributed by atoms with Crippen molar-refractivity contribution in [1.82, 2.24) is 25.4 Å². The summed E-state index contributed by atoms with van der Waals surface area (Å²) in [6, 6.07) is 25.7. The molecule has 5 aromatic rings. The number of benzene rings is 3. The number of piperazine rings is 1. The Bertz CT molecular complexity index is 2270. The SMILES string of the molecule is C[C@@H]1CNc2c(sc3ccc4nc(-c5ccc(C6=CCN(CCN7CCN(c8ccc(C9CCC(=O)NC9=O)cc8)CC7)CC6)cc5)ccc4c23)C(=O)N1. The minimum Gasteiger partial charge on any atom is -0.381 e. The highest BCUT2D eigenvalue weighted by molar-refractivity contribution is 7.21. The van der Waals surface area contributed by atoms with Crippen molar-refractivity contribution in [2.45, 2.75) is 38.1 Å². The third-order valence-electron chi connectivity index (χ3n) is 11.5. The van der Waals surface area contributed by atoms with Crippen LogP contribution in [0, 0.1) is 0 Å². The van der Waals surface area contributed by atoms with Crippen molar-refractivity contribution in [2.75, 3.05) is 69.1 Å². The van der Waals surface area contributed by atoms with E-state index in [2.05, 4.69) is 97.4 Å². The zero-order valence-corrected chi connectivity index (χ0v) is 31.4. The van der Waals surface area contributed by atoms with Crippen molar-refractivity contribution >= 4 is 67.0 Å². The molecular weight excluding hydrogens is 695 g/mol. The standard InChI is InChI=1S/C43H45N7O3S/c1-27-26-44-40-39-34-10-12-35(46-36(34)13-14-37(39)54-41(40)43(53)45-27)31-4-2-28(3-5-31)29-16-18-48(19-17-29)20-21-49-22-24-50(25-23-49)32-8-6-30(7-9-32)33-11-15-38(51)47-42(33)52/h2-10,12-14,16,27,33,44H,11,15,17-26H2,1H3,(H,45,53)(H,47,51,52)/t27-,33?/m1/s1. The van der Waals surface area contributed by atoms with Crippen molar-refractivity contribution in [3.8, 4) is 11.3 Å². The molecule has 54 heavy (non-hydrogen) atoms. The first-order valence-electron chi connectivity index (χ1n) is 19.2. The number of anilines is 2. The Labute approximate surface area is 319 Å². The topological polar surface area (TPSA) is 110 Å². The molecule has 0 bridgehead atoms. The van der Waals surface area contributed by atoms with Crippen molar-refractivity contribution < 1.29 is 14.4 Å². The average Bonchev–Trinajstić information content (AvgIpc) is 3.52. The first-order valence-corrected chi connectivity index (χ1v) is 20.0. The number of piperidine rings is 1. The van der Waals surface area contributed by atoms with E-state index in [1.165, 1.54) is 28.2 Å². The smallest absolute Gasteiger partial charge is 0.263 e. The van der Waals surface area contributed by atoms with Gasteiger partial charge in [0.1, 0.15) is 4.88 Å². The van der Waals surface area contributed by atoms with E-state index in [1.54, 1.807) is 0 Å². The van der Waals surface area contributed by atoms with E-state index in [9.17, 15) is 14.4 Å². The first-order chi connectivity index (χ1) is 26.4. The van der Waals surface area contributed by atoms with Gasteiger partial charge in [0.15, 0.2) is 0 Å². The van der Waals surface area contributed by atoms with E-state index in [0.29, 0.717) is 19.4 Å². The van der Waals surface area contributed by atoms with Crippen LogP contribution < -0.4 is 20.9 Å². The fourth-order valence-electron chi connectivity index (χ4n) is 8.36. The Balaban J connectivity index is 0.775. The summed E-state index contributed by atoms with van der Waals surface area (Å²) in [6.07, 6.45) is 4.42. The summed E-state index contributed by atoms with van der Waals surface area (Å²) in [4.78, 5) is 50.0. The fraction of sp³-hybridized carbons (Fsp3) is 0.349. The first kappa shape index (κ1) is 34.7. The number of nitrogens with one attached hydrogen (secondary N) is 3. The van der Waals surface area contributed by atoms with Gasteiger partial charge in [-0.2, -0.15) is 0 Å². The largest absolute Gasteiger partial charge is 0.381 e. The van der Waals surface area contributed by atoms with Gasteiger partial charge in [0, 0.05) is 98.1 Å². The van der Waals surface area contributed by atoms with E-state index < -0.39 is 0 Å². The second-order valence-corrected chi connectivity index (χ2v) is 16.1. The van der Waals surface area contributed by atoms with Gasteiger partial charge in [-0.1, -0.05) is 42.5 Å². The molecule has 9 rings (SSSR count). The Kier molecular flexibility index (Phi) is 9.38.